The van der Waals surface area contributed by atoms with Crippen molar-refractivity contribution in [3.8, 4) is 5.75 Å². The number of pyridine rings is 1. The van der Waals surface area contributed by atoms with Crippen LogP contribution in [-0.2, 0) is 24.2 Å². The third-order valence-electron chi connectivity index (χ3n) is 7.47. The molecular formula is C26H25ClN2O5. The Morgan fingerprint density at radius 3 is 2.82 bits per heavy atom. The lowest BCUT2D eigenvalue weighted by Gasteiger charge is -2.43. The molecule has 2 bridgehead atoms. The summed E-state index contributed by atoms with van der Waals surface area (Å²) in [5, 5.41) is 1.22. The van der Waals surface area contributed by atoms with Gasteiger partial charge >= 0.3 is 5.63 Å². The molecule has 3 aliphatic rings. The molecule has 34 heavy (non-hydrogen) atoms. The number of piperidine rings is 1. The van der Waals surface area contributed by atoms with Crippen LogP contribution in [0.2, 0.25) is 5.02 Å². The topological polar surface area (TPSA) is 81.8 Å². The van der Waals surface area contributed by atoms with Crippen LogP contribution in [0.5, 0.6) is 5.75 Å². The number of aromatic nitrogens is 1. The lowest BCUT2D eigenvalue weighted by molar-refractivity contribution is -0.140. The van der Waals surface area contributed by atoms with E-state index in [0.717, 1.165) is 47.9 Å². The van der Waals surface area contributed by atoms with E-state index in [1.54, 1.807) is 31.2 Å². The molecule has 0 N–H and O–H groups in total. The number of carbonyl (C=O) groups is 1. The molecule has 8 heteroatoms. The maximum atomic E-state index is 13.3. The van der Waals surface area contributed by atoms with Crippen molar-refractivity contribution >= 4 is 28.5 Å². The number of benzene rings is 1. The zero-order valence-corrected chi connectivity index (χ0v) is 19.6. The van der Waals surface area contributed by atoms with Crippen molar-refractivity contribution < 1.29 is 13.9 Å². The molecule has 1 aliphatic carbocycles. The highest BCUT2D eigenvalue weighted by atomic mass is 35.5. The van der Waals surface area contributed by atoms with E-state index < -0.39 is 6.10 Å². The van der Waals surface area contributed by atoms with E-state index in [9.17, 15) is 14.4 Å². The van der Waals surface area contributed by atoms with Crippen LogP contribution >= 0.6 is 11.6 Å². The summed E-state index contributed by atoms with van der Waals surface area (Å²) in [5.74, 6) is 0.583. The second-order valence-electron chi connectivity index (χ2n) is 9.68. The second-order valence-corrected chi connectivity index (χ2v) is 10.1. The Morgan fingerprint density at radius 2 is 1.97 bits per heavy atom. The summed E-state index contributed by atoms with van der Waals surface area (Å²) < 4.78 is 13.4. The predicted octanol–water partition coefficient (Wildman–Crippen LogP) is 3.51. The van der Waals surface area contributed by atoms with Crippen LogP contribution < -0.4 is 15.9 Å². The quantitative estimate of drug-likeness (QED) is 0.536. The van der Waals surface area contributed by atoms with Crippen molar-refractivity contribution in [2.75, 3.05) is 13.1 Å². The van der Waals surface area contributed by atoms with Crippen LogP contribution in [-0.4, -0.2) is 34.6 Å². The van der Waals surface area contributed by atoms with Crippen LogP contribution in [0.1, 0.15) is 42.5 Å². The first kappa shape index (κ1) is 21.5. The van der Waals surface area contributed by atoms with Gasteiger partial charge in [0.1, 0.15) is 11.3 Å². The Morgan fingerprint density at radius 1 is 1.15 bits per heavy atom. The Kier molecular flexibility index (Phi) is 5.06. The second kappa shape index (κ2) is 8.01. The number of hydrogen-bond acceptors (Lipinski definition) is 5. The molecule has 1 aromatic carbocycles. The lowest BCUT2D eigenvalue weighted by Crippen LogP contribution is -2.52. The number of aryl methyl sites for hydroxylation is 1. The van der Waals surface area contributed by atoms with Gasteiger partial charge in [0.2, 0.25) is 0 Å². The van der Waals surface area contributed by atoms with E-state index in [0.29, 0.717) is 36.0 Å². The van der Waals surface area contributed by atoms with Gasteiger partial charge in [-0.3, -0.25) is 9.59 Å². The fraction of sp³-hybridized carbons (Fsp3) is 0.423. The number of halogens is 1. The van der Waals surface area contributed by atoms with Crippen LogP contribution in [0.4, 0.5) is 0 Å². The fourth-order valence-corrected chi connectivity index (χ4v) is 6.16. The number of hydrogen-bond donors (Lipinski definition) is 0. The zero-order chi connectivity index (χ0) is 23.6. The van der Waals surface area contributed by atoms with Gasteiger partial charge in [0.05, 0.1) is 5.02 Å². The van der Waals surface area contributed by atoms with Crippen molar-refractivity contribution in [3.63, 3.8) is 0 Å². The van der Waals surface area contributed by atoms with Crippen LogP contribution in [0.3, 0.4) is 0 Å². The molecule has 7 nitrogen and oxygen atoms in total. The molecule has 3 aromatic rings. The Bertz CT molecular complexity index is 1440. The number of fused-ring (bicyclic) bond motifs is 7. The third-order valence-corrected chi connectivity index (χ3v) is 7.76. The molecule has 3 atom stereocenters. The highest BCUT2D eigenvalue weighted by Crippen LogP contribution is 2.37. The summed E-state index contributed by atoms with van der Waals surface area (Å²) >= 11 is 6.53. The molecule has 2 aliphatic heterocycles. The minimum Gasteiger partial charge on any atom is -0.479 e. The number of amides is 1. The monoisotopic (exact) mass is 480 g/mol. The number of nitrogens with zero attached hydrogens (tertiary/aromatic N) is 2. The van der Waals surface area contributed by atoms with Gasteiger partial charge in [0.25, 0.3) is 11.5 Å². The summed E-state index contributed by atoms with van der Waals surface area (Å²) in [7, 11) is 0. The summed E-state index contributed by atoms with van der Waals surface area (Å²) in [4.78, 5) is 39.7. The van der Waals surface area contributed by atoms with E-state index in [1.807, 2.05) is 15.5 Å². The first-order chi connectivity index (χ1) is 16.4. The van der Waals surface area contributed by atoms with Gasteiger partial charge in [-0.1, -0.05) is 17.7 Å². The molecule has 1 fully saturated rings. The molecule has 6 rings (SSSR count). The van der Waals surface area contributed by atoms with E-state index in [-0.39, 0.29) is 28.9 Å². The van der Waals surface area contributed by atoms with Gasteiger partial charge in [0.15, 0.2) is 6.10 Å². The predicted molar refractivity (Wildman–Crippen MR) is 128 cm³/mol. The SMILES string of the molecule is C[C@@H](Oc1cc2oc(=O)c3c(c2cc1Cl)CCC3)C(=O)N1C[C@@H]2C[C@H](C1)c1cccc(=O)n1C2. The molecule has 0 saturated carbocycles. The van der Waals surface area contributed by atoms with Crippen molar-refractivity contribution in [3.05, 3.63) is 72.9 Å². The standard InChI is InChI=1S/C26H25ClN2O5/c1-14(25(31)28-11-15-8-16(13-28)21-6-3-7-24(30)29(21)12-15)33-23-10-22-19(9-20(23)27)17-4-2-5-18(17)26(32)34-22/h3,6-7,9-10,14-16H,2,4-5,8,11-13H2,1H3/t14-,15+,16-/m1/s1. The number of likely N-dealkylation sites (tertiary alicyclic amines) is 1. The molecule has 2 aromatic heterocycles. The van der Waals surface area contributed by atoms with Crippen LogP contribution in [0.25, 0.3) is 11.0 Å². The first-order valence-corrected chi connectivity index (χ1v) is 12.2. The normalized spacial score (nSPS) is 21.8. The zero-order valence-electron chi connectivity index (χ0n) is 18.9. The molecule has 0 unspecified atom stereocenters. The first-order valence-electron chi connectivity index (χ1n) is 11.8. The maximum absolute atomic E-state index is 13.3. The van der Waals surface area contributed by atoms with Gasteiger partial charge in [-0.05, 0) is 56.2 Å². The molecule has 4 heterocycles. The number of carbonyl (C=O) groups excluding carboxylic acids is 1. The summed E-state index contributed by atoms with van der Waals surface area (Å²) in [6, 6.07) is 8.75. The van der Waals surface area contributed by atoms with Crippen molar-refractivity contribution in [1.82, 2.24) is 9.47 Å². The Hall–Kier alpha value is -3.06. The van der Waals surface area contributed by atoms with E-state index in [2.05, 4.69) is 0 Å². The molecule has 176 valence electrons. The highest BCUT2D eigenvalue weighted by molar-refractivity contribution is 6.32. The van der Waals surface area contributed by atoms with Crippen molar-refractivity contribution in [2.24, 2.45) is 5.92 Å². The Balaban J connectivity index is 1.24. The molecule has 0 radical (unpaired) electrons. The highest BCUT2D eigenvalue weighted by Gasteiger charge is 2.37. The summed E-state index contributed by atoms with van der Waals surface area (Å²) in [6.45, 7) is 3.49. The maximum Gasteiger partial charge on any atom is 0.339 e. The average molecular weight is 481 g/mol. The van der Waals surface area contributed by atoms with Crippen LogP contribution in [0, 0.1) is 5.92 Å². The summed E-state index contributed by atoms with van der Waals surface area (Å²) in [5.41, 5.74) is 2.88. The molecule has 1 saturated heterocycles. The van der Waals surface area contributed by atoms with Gasteiger partial charge in [-0.25, -0.2) is 4.79 Å². The summed E-state index contributed by atoms with van der Waals surface area (Å²) in [6.07, 6.45) is 2.70. The van der Waals surface area contributed by atoms with Crippen LogP contribution in [0.15, 0.2) is 44.3 Å². The lowest BCUT2D eigenvalue weighted by atomic mass is 9.83. The number of ether oxygens (including phenoxy) is 1. The minimum atomic E-state index is -0.757. The molecule has 0 spiro atoms. The largest absolute Gasteiger partial charge is 0.479 e. The fourth-order valence-electron chi connectivity index (χ4n) is 5.95. The third kappa shape index (κ3) is 3.45. The number of rotatable bonds is 3. The minimum absolute atomic E-state index is 0.0203. The average Bonchev–Trinajstić information content (AvgIpc) is 3.31. The molecule has 1 amide bonds. The van der Waals surface area contributed by atoms with E-state index >= 15 is 0 Å². The molecular weight excluding hydrogens is 456 g/mol. The van der Waals surface area contributed by atoms with Crippen molar-refractivity contribution in [1.29, 1.82) is 0 Å². The van der Waals surface area contributed by atoms with Gasteiger partial charge in [0, 0.05) is 54.3 Å². The van der Waals surface area contributed by atoms with Gasteiger partial charge in [-0.2, -0.15) is 0 Å². The van der Waals surface area contributed by atoms with E-state index in [4.69, 9.17) is 20.8 Å². The van der Waals surface area contributed by atoms with Gasteiger partial charge < -0.3 is 18.6 Å². The van der Waals surface area contributed by atoms with E-state index in [1.165, 1.54) is 0 Å². The van der Waals surface area contributed by atoms with Crippen molar-refractivity contribution in [2.45, 2.75) is 51.2 Å². The smallest absolute Gasteiger partial charge is 0.339 e. The van der Waals surface area contributed by atoms with Gasteiger partial charge in [-0.15, -0.1) is 0 Å². The Labute approximate surface area is 200 Å².